The van der Waals surface area contributed by atoms with Crippen LogP contribution < -0.4 is 15.6 Å². The van der Waals surface area contributed by atoms with Gasteiger partial charge in [0.15, 0.2) is 6.61 Å². The first-order valence-corrected chi connectivity index (χ1v) is 7.46. The summed E-state index contributed by atoms with van der Waals surface area (Å²) in [6.07, 6.45) is 0.950. The van der Waals surface area contributed by atoms with E-state index in [1.807, 2.05) is 37.3 Å². The van der Waals surface area contributed by atoms with Gasteiger partial charge in [-0.05, 0) is 43.2 Å². The quantitative estimate of drug-likeness (QED) is 0.833. The third-order valence-electron chi connectivity index (χ3n) is 3.30. The van der Waals surface area contributed by atoms with Gasteiger partial charge in [-0.1, -0.05) is 36.8 Å². The second-order valence-corrected chi connectivity index (χ2v) is 5.16. The van der Waals surface area contributed by atoms with Crippen LogP contribution in [-0.4, -0.2) is 18.4 Å². The number of aryl methyl sites for hydroxylation is 2. The van der Waals surface area contributed by atoms with Gasteiger partial charge >= 0.3 is 0 Å². The molecule has 0 saturated carbocycles. The molecule has 5 heteroatoms. The van der Waals surface area contributed by atoms with Crippen molar-refractivity contribution in [2.24, 2.45) is 0 Å². The molecule has 5 nitrogen and oxygen atoms in total. The van der Waals surface area contributed by atoms with Gasteiger partial charge < -0.3 is 4.74 Å². The number of hydrogen-bond donors (Lipinski definition) is 2. The predicted octanol–water partition coefficient (Wildman–Crippen LogP) is 2.40. The minimum Gasteiger partial charge on any atom is -0.484 e. The van der Waals surface area contributed by atoms with Crippen LogP contribution in [0.5, 0.6) is 5.75 Å². The number of benzene rings is 2. The maximum Gasteiger partial charge on any atom is 0.276 e. The zero-order valence-corrected chi connectivity index (χ0v) is 13.3. The molecule has 0 fully saturated rings. The van der Waals surface area contributed by atoms with Crippen molar-refractivity contribution in [3.63, 3.8) is 0 Å². The van der Waals surface area contributed by atoms with Crippen molar-refractivity contribution in [2.45, 2.75) is 20.3 Å². The van der Waals surface area contributed by atoms with Gasteiger partial charge in [0, 0.05) is 5.56 Å². The van der Waals surface area contributed by atoms with E-state index < -0.39 is 5.91 Å². The van der Waals surface area contributed by atoms with Crippen molar-refractivity contribution in [1.29, 1.82) is 0 Å². The summed E-state index contributed by atoms with van der Waals surface area (Å²) >= 11 is 0. The summed E-state index contributed by atoms with van der Waals surface area (Å²) in [6, 6.07) is 14.6. The smallest absolute Gasteiger partial charge is 0.276 e. The van der Waals surface area contributed by atoms with Crippen molar-refractivity contribution in [1.82, 2.24) is 10.9 Å². The fourth-order valence-corrected chi connectivity index (χ4v) is 1.99. The molecular formula is C18H20N2O3. The topological polar surface area (TPSA) is 67.4 Å². The summed E-state index contributed by atoms with van der Waals surface area (Å²) in [5.74, 6) is -0.178. The molecule has 23 heavy (non-hydrogen) atoms. The number of rotatable bonds is 5. The number of carbonyl (C=O) groups is 2. The molecule has 0 heterocycles. The number of hydrogen-bond acceptors (Lipinski definition) is 3. The normalized spacial score (nSPS) is 10.0. The fraction of sp³-hybridized carbons (Fsp3) is 0.222. The molecule has 0 aliphatic rings. The zero-order valence-electron chi connectivity index (χ0n) is 13.3. The van der Waals surface area contributed by atoms with Gasteiger partial charge in [-0.25, -0.2) is 0 Å². The maximum atomic E-state index is 11.9. The molecule has 2 rings (SSSR count). The number of carbonyl (C=O) groups excluding carboxylic acids is 2. The Kier molecular flexibility index (Phi) is 5.74. The minimum atomic E-state index is -0.425. The van der Waals surface area contributed by atoms with E-state index in [1.54, 1.807) is 18.2 Å². The Bertz CT molecular complexity index is 681. The molecule has 0 aromatic heterocycles. The third-order valence-corrected chi connectivity index (χ3v) is 3.30. The van der Waals surface area contributed by atoms with E-state index in [0.717, 1.165) is 12.0 Å². The van der Waals surface area contributed by atoms with Crippen LogP contribution >= 0.6 is 0 Å². The Morgan fingerprint density at radius 1 is 1.04 bits per heavy atom. The van der Waals surface area contributed by atoms with Crippen LogP contribution in [0, 0.1) is 6.92 Å². The van der Waals surface area contributed by atoms with Crippen molar-refractivity contribution in [2.75, 3.05) is 6.61 Å². The van der Waals surface area contributed by atoms with Gasteiger partial charge in [0.1, 0.15) is 5.75 Å². The van der Waals surface area contributed by atoms with Crippen molar-refractivity contribution >= 4 is 11.8 Å². The first kappa shape index (κ1) is 16.5. The van der Waals surface area contributed by atoms with Crippen molar-refractivity contribution < 1.29 is 14.3 Å². The van der Waals surface area contributed by atoms with E-state index in [0.29, 0.717) is 11.3 Å². The number of amides is 2. The molecular weight excluding hydrogens is 292 g/mol. The molecule has 120 valence electrons. The highest BCUT2D eigenvalue weighted by molar-refractivity contribution is 5.95. The van der Waals surface area contributed by atoms with Gasteiger partial charge in [0.2, 0.25) is 0 Å². The zero-order chi connectivity index (χ0) is 16.7. The standard InChI is InChI=1S/C18H20N2O3/c1-3-14-7-9-16(10-8-14)23-12-17(21)19-20-18(22)15-6-4-5-13(2)11-15/h4-11H,3,12H2,1-2H3,(H,19,21)(H,20,22). The predicted molar refractivity (Wildman–Crippen MR) is 88.1 cm³/mol. The molecule has 2 aromatic rings. The van der Waals surface area contributed by atoms with Gasteiger partial charge in [-0.15, -0.1) is 0 Å². The van der Waals surface area contributed by atoms with Crippen LogP contribution in [0.4, 0.5) is 0 Å². The Balaban J connectivity index is 1.77. The first-order chi connectivity index (χ1) is 11.1. The molecule has 0 radical (unpaired) electrons. The lowest BCUT2D eigenvalue weighted by Gasteiger charge is -2.09. The molecule has 0 spiro atoms. The average Bonchev–Trinajstić information content (AvgIpc) is 2.58. The highest BCUT2D eigenvalue weighted by Gasteiger charge is 2.08. The lowest BCUT2D eigenvalue weighted by Crippen LogP contribution is -2.43. The Morgan fingerprint density at radius 3 is 2.43 bits per heavy atom. The SMILES string of the molecule is CCc1ccc(OCC(=O)NNC(=O)c2cccc(C)c2)cc1. The van der Waals surface area contributed by atoms with Gasteiger partial charge in [-0.2, -0.15) is 0 Å². The minimum absolute atomic E-state index is 0.167. The largest absolute Gasteiger partial charge is 0.484 e. The third kappa shape index (κ3) is 5.14. The monoisotopic (exact) mass is 312 g/mol. The lowest BCUT2D eigenvalue weighted by atomic mass is 10.1. The van der Waals surface area contributed by atoms with Gasteiger partial charge in [0.25, 0.3) is 11.8 Å². The highest BCUT2D eigenvalue weighted by Crippen LogP contribution is 2.12. The van der Waals surface area contributed by atoms with E-state index in [4.69, 9.17) is 4.74 Å². The van der Waals surface area contributed by atoms with Crippen LogP contribution in [0.25, 0.3) is 0 Å². The van der Waals surface area contributed by atoms with E-state index in [2.05, 4.69) is 17.8 Å². The molecule has 2 aromatic carbocycles. The summed E-state index contributed by atoms with van der Waals surface area (Å²) in [5.41, 5.74) is 7.36. The first-order valence-electron chi connectivity index (χ1n) is 7.46. The van der Waals surface area contributed by atoms with Crippen molar-refractivity contribution in [3.05, 3.63) is 65.2 Å². The summed E-state index contributed by atoms with van der Waals surface area (Å²) in [6.45, 7) is 3.80. The van der Waals surface area contributed by atoms with Crippen molar-refractivity contribution in [3.8, 4) is 5.75 Å². The Labute approximate surface area is 135 Å². The Hall–Kier alpha value is -2.82. The van der Waals surface area contributed by atoms with Crippen LogP contribution in [0.15, 0.2) is 48.5 Å². The van der Waals surface area contributed by atoms with Gasteiger partial charge in [0.05, 0.1) is 0 Å². The maximum absolute atomic E-state index is 11.9. The van der Waals surface area contributed by atoms with E-state index in [-0.39, 0.29) is 12.5 Å². The van der Waals surface area contributed by atoms with Crippen LogP contribution in [0.2, 0.25) is 0 Å². The summed E-state index contributed by atoms with van der Waals surface area (Å²) < 4.78 is 5.36. The molecule has 0 aliphatic carbocycles. The summed E-state index contributed by atoms with van der Waals surface area (Å²) in [4.78, 5) is 23.6. The second-order valence-electron chi connectivity index (χ2n) is 5.16. The molecule has 0 aliphatic heterocycles. The molecule has 0 bridgehead atoms. The summed E-state index contributed by atoms with van der Waals surface area (Å²) in [5, 5.41) is 0. The molecule has 2 N–H and O–H groups in total. The summed E-state index contributed by atoms with van der Waals surface area (Å²) in [7, 11) is 0. The number of hydrazine groups is 1. The van der Waals surface area contributed by atoms with Crippen LogP contribution in [0.3, 0.4) is 0 Å². The molecule has 0 saturated heterocycles. The fourth-order valence-electron chi connectivity index (χ4n) is 1.99. The average molecular weight is 312 g/mol. The molecule has 2 amide bonds. The number of ether oxygens (including phenoxy) is 1. The van der Waals surface area contributed by atoms with Gasteiger partial charge in [-0.3, -0.25) is 20.4 Å². The van der Waals surface area contributed by atoms with E-state index in [1.165, 1.54) is 5.56 Å². The molecule has 0 atom stereocenters. The van der Waals surface area contributed by atoms with E-state index >= 15 is 0 Å². The highest BCUT2D eigenvalue weighted by atomic mass is 16.5. The lowest BCUT2D eigenvalue weighted by molar-refractivity contribution is -0.123. The van der Waals surface area contributed by atoms with E-state index in [9.17, 15) is 9.59 Å². The van der Waals surface area contributed by atoms with Crippen LogP contribution in [0.1, 0.15) is 28.4 Å². The second kappa shape index (κ2) is 7.98. The molecule has 0 unspecified atom stereocenters. The van der Waals surface area contributed by atoms with Crippen LogP contribution in [-0.2, 0) is 11.2 Å². The Morgan fingerprint density at radius 2 is 1.78 bits per heavy atom. The number of nitrogens with one attached hydrogen (secondary N) is 2.